The van der Waals surface area contributed by atoms with E-state index in [0.717, 1.165) is 16.7 Å². The molecule has 1 aliphatic heterocycles. The number of benzene rings is 1. The number of hydrogen-bond donors (Lipinski definition) is 0. The Balaban J connectivity index is 2.05. The van der Waals surface area contributed by atoms with Crippen molar-refractivity contribution < 1.29 is 22.8 Å². The summed E-state index contributed by atoms with van der Waals surface area (Å²) in [6, 6.07) is 6.88. The molecule has 0 saturated heterocycles. The number of rotatable bonds is 5. The Kier molecular flexibility index (Phi) is 5.68. The lowest BCUT2D eigenvalue weighted by atomic mass is 10.0. The predicted octanol–water partition coefficient (Wildman–Crippen LogP) is 2.93. The van der Waals surface area contributed by atoms with Gasteiger partial charge in [-0.2, -0.15) is 18.3 Å². The molecule has 0 bridgehead atoms. The average molecular weight is 408 g/mol. The summed E-state index contributed by atoms with van der Waals surface area (Å²) in [6.07, 6.45) is -3.89. The third kappa shape index (κ3) is 3.99. The molecule has 0 saturated carbocycles. The van der Waals surface area contributed by atoms with Crippen molar-refractivity contribution in [3.8, 4) is 5.69 Å². The van der Waals surface area contributed by atoms with Crippen LogP contribution in [0, 0.1) is 0 Å². The van der Waals surface area contributed by atoms with Crippen LogP contribution in [-0.2, 0) is 23.8 Å². The maximum absolute atomic E-state index is 13.5. The zero-order chi connectivity index (χ0) is 21.3. The molecule has 0 unspecified atom stereocenters. The fourth-order valence-corrected chi connectivity index (χ4v) is 3.30. The number of carbonyl (C=O) groups excluding carboxylic acids is 2. The first kappa shape index (κ1) is 20.9. The van der Waals surface area contributed by atoms with Crippen molar-refractivity contribution in [1.82, 2.24) is 19.6 Å². The second kappa shape index (κ2) is 7.88. The highest BCUT2D eigenvalue weighted by atomic mass is 19.4. The molecule has 1 aromatic heterocycles. The Morgan fingerprint density at radius 2 is 1.86 bits per heavy atom. The van der Waals surface area contributed by atoms with Crippen molar-refractivity contribution in [3.63, 3.8) is 0 Å². The van der Waals surface area contributed by atoms with Crippen LogP contribution in [0.5, 0.6) is 0 Å². The lowest BCUT2D eigenvalue weighted by Gasteiger charge is -2.28. The molecule has 2 amide bonds. The summed E-state index contributed by atoms with van der Waals surface area (Å²) in [5.74, 6) is -0.884. The quantitative estimate of drug-likeness (QED) is 0.765. The lowest BCUT2D eigenvalue weighted by Crippen LogP contribution is -2.45. The van der Waals surface area contributed by atoms with Crippen LogP contribution >= 0.6 is 0 Å². The lowest BCUT2D eigenvalue weighted by molar-refractivity contribution is -0.142. The summed E-state index contributed by atoms with van der Waals surface area (Å²) >= 11 is 0. The summed E-state index contributed by atoms with van der Waals surface area (Å²) < 4.78 is 41.7. The highest BCUT2D eigenvalue weighted by Crippen LogP contribution is 2.36. The average Bonchev–Trinajstić information content (AvgIpc) is 3.10. The molecule has 2 aromatic rings. The number of likely N-dealkylation sites (N-methyl/N-ethyl adjacent to an activating group) is 1. The van der Waals surface area contributed by atoms with Crippen LogP contribution in [-0.4, -0.2) is 58.1 Å². The van der Waals surface area contributed by atoms with Gasteiger partial charge in [-0.15, -0.1) is 0 Å². The topological polar surface area (TPSA) is 58.4 Å². The van der Waals surface area contributed by atoms with Crippen molar-refractivity contribution in [2.45, 2.75) is 32.9 Å². The molecule has 0 aliphatic carbocycles. The van der Waals surface area contributed by atoms with E-state index in [0.29, 0.717) is 12.2 Å². The molecule has 0 fully saturated rings. The first-order chi connectivity index (χ1) is 13.7. The fraction of sp³-hybridized carbons (Fsp3) is 0.450. The minimum Gasteiger partial charge on any atom is -0.345 e. The van der Waals surface area contributed by atoms with Gasteiger partial charge in [-0.05, 0) is 37.5 Å². The van der Waals surface area contributed by atoms with Gasteiger partial charge < -0.3 is 9.80 Å². The summed E-state index contributed by atoms with van der Waals surface area (Å²) in [6.45, 7) is 4.12. The molecular weight excluding hydrogens is 385 g/mol. The number of amides is 2. The number of nitrogens with zero attached hydrogens (tertiary/aromatic N) is 4. The first-order valence-corrected chi connectivity index (χ1v) is 9.49. The van der Waals surface area contributed by atoms with E-state index in [1.165, 1.54) is 9.80 Å². The number of hydrogen-bond acceptors (Lipinski definition) is 3. The summed E-state index contributed by atoms with van der Waals surface area (Å²) in [5.41, 5.74) is 0.111. The van der Waals surface area contributed by atoms with E-state index < -0.39 is 17.8 Å². The second-order valence-corrected chi connectivity index (χ2v) is 6.99. The highest BCUT2D eigenvalue weighted by Gasteiger charge is 2.43. The van der Waals surface area contributed by atoms with Crippen LogP contribution in [0.15, 0.2) is 24.3 Å². The van der Waals surface area contributed by atoms with E-state index in [1.807, 2.05) is 6.92 Å². The molecular formula is C20H23F3N4O2. The molecule has 2 heterocycles. The van der Waals surface area contributed by atoms with Gasteiger partial charge in [0.1, 0.15) is 12.2 Å². The first-order valence-electron chi connectivity index (χ1n) is 9.49. The highest BCUT2D eigenvalue weighted by molar-refractivity contribution is 5.98. The van der Waals surface area contributed by atoms with Crippen molar-refractivity contribution in [2.24, 2.45) is 0 Å². The number of aromatic nitrogens is 2. The van der Waals surface area contributed by atoms with Gasteiger partial charge in [0.2, 0.25) is 5.91 Å². The minimum atomic E-state index is -4.67. The normalized spacial score (nSPS) is 14.1. The monoisotopic (exact) mass is 408 g/mol. The van der Waals surface area contributed by atoms with Gasteiger partial charge in [0.05, 0.1) is 5.69 Å². The third-order valence-electron chi connectivity index (χ3n) is 5.19. The Bertz CT molecular complexity index is 919. The zero-order valence-corrected chi connectivity index (χ0v) is 16.6. The second-order valence-electron chi connectivity index (χ2n) is 6.99. The third-order valence-corrected chi connectivity index (χ3v) is 5.19. The van der Waals surface area contributed by atoms with Crippen molar-refractivity contribution in [3.05, 3.63) is 46.8 Å². The van der Waals surface area contributed by atoms with Crippen molar-refractivity contribution in [1.29, 1.82) is 0 Å². The summed E-state index contributed by atoms with van der Waals surface area (Å²) in [4.78, 5) is 28.0. The van der Waals surface area contributed by atoms with E-state index in [4.69, 9.17) is 0 Å². The number of halogens is 3. The number of aryl methyl sites for hydroxylation is 1. The van der Waals surface area contributed by atoms with Gasteiger partial charge >= 0.3 is 6.18 Å². The Morgan fingerprint density at radius 3 is 2.41 bits per heavy atom. The Morgan fingerprint density at radius 1 is 1.21 bits per heavy atom. The smallest absolute Gasteiger partial charge is 0.345 e. The summed E-state index contributed by atoms with van der Waals surface area (Å²) in [5, 5.41) is 3.75. The van der Waals surface area contributed by atoms with Crippen LogP contribution in [0.3, 0.4) is 0 Å². The molecule has 156 valence electrons. The molecule has 0 radical (unpaired) electrons. The maximum Gasteiger partial charge on any atom is 0.435 e. The Hall–Kier alpha value is -2.84. The SMILES string of the molecule is CCc1ccc(-n2nc(C(F)(F)F)c3c2C(=O)N(CC(=O)N(C)CC)CC3)cc1. The van der Waals surface area contributed by atoms with Gasteiger partial charge in [0.25, 0.3) is 5.91 Å². The van der Waals surface area contributed by atoms with Crippen LogP contribution in [0.1, 0.15) is 41.2 Å². The van der Waals surface area contributed by atoms with Crippen molar-refractivity contribution in [2.75, 3.05) is 26.7 Å². The number of alkyl halides is 3. The van der Waals surface area contributed by atoms with Crippen LogP contribution in [0.25, 0.3) is 5.69 Å². The van der Waals surface area contributed by atoms with E-state index in [9.17, 15) is 22.8 Å². The number of carbonyl (C=O) groups is 2. The molecule has 0 N–H and O–H groups in total. The number of fused-ring (bicyclic) bond motifs is 1. The van der Waals surface area contributed by atoms with Gasteiger partial charge in [0.15, 0.2) is 5.69 Å². The van der Waals surface area contributed by atoms with Crippen molar-refractivity contribution >= 4 is 11.8 Å². The fourth-order valence-electron chi connectivity index (χ4n) is 3.30. The van der Waals surface area contributed by atoms with Gasteiger partial charge in [0, 0.05) is 25.7 Å². The van der Waals surface area contributed by atoms with E-state index in [2.05, 4.69) is 5.10 Å². The summed E-state index contributed by atoms with van der Waals surface area (Å²) in [7, 11) is 1.61. The van der Waals surface area contributed by atoms with Crippen LogP contribution in [0.4, 0.5) is 13.2 Å². The Labute approximate surface area is 166 Å². The van der Waals surface area contributed by atoms with E-state index in [-0.39, 0.29) is 36.7 Å². The molecule has 6 nitrogen and oxygen atoms in total. The van der Waals surface area contributed by atoms with Crippen LogP contribution in [0.2, 0.25) is 0 Å². The maximum atomic E-state index is 13.5. The van der Waals surface area contributed by atoms with Gasteiger partial charge in [-0.3, -0.25) is 9.59 Å². The van der Waals surface area contributed by atoms with Crippen LogP contribution < -0.4 is 0 Å². The molecule has 1 aliphatic rings. The minimum absolute atomic E-state index is 0.00786. The molecule has 9 heteroatoms. The zero-order valence-electron chi connectivity index (χ0n) is 16.6. The molecule has 1 aromatic carbocycles. The molecule has 3 rings (SSSR count). The van der Waals surface area contributed by atoms with E-state index >= 15 is 0 Å². The van der Waals surface area contributed by atoms with E-state index in [1.54, 1.807) is 38.2 Å². The molecule has 0 atom stereocenters. The van der Waals surface area contributed by atoms with Gasteiger partial charge in [-0.1, -0.05) is 19.1 Å². The van der Waals surface area contributed by atoms with Gasteiger partial charge in [-0.25, -0.2) is 4.68 Å². The largest absolute Gasteiger partial charge is 0.435 e. The molecule has 0 spiro atoms. The predicted molar refractivity (Wildman–Crippen MR) is 101 cm³/mol. The standard InChI is InChI=1S/C20H23F3N4O2/c1-4-13-6-8-14(9-7-13)27-17-15(18(24-27)20(21,22)23)10-11-26(19(17)29)12-16(28)25(3)5-2/h6-9H,4-5,10-12H2,1-3H3. The molecule has 29 heavy (non-hydrogen) atoms.